The van der Waals surface area contributed by atoms with E-state index in [2.05, 4.69) is 19.2 Å². The minimum atomic E-state index is -0.323. The van der Waals surface area contributed by atoms with E-state index < -0.39 is 0 Å². The molecule has 0 aliphatic heterocycles. The van der Waals surface area contributed by atoms with Crippen molar-refractivity contribution in [2.75, 3.05) is 0 Å². The fourth-order valence-electron chi connectivity index (χ4n) is 2.53. The second kappa shape index (κ2) is 6.89. The van der Waals surface area contributed by atoms with Crippen LogP contribution in [-0.4, -0.2) is 18.0 Å². The van der Waals surface area contributed by atoms with Gasteiger partial charge in [0.05, 0.1) is 6.04 Å². The predicted molar refractivity (Wildman–Crippen MR) is 67.1 cm³/mol. The summed E-state index contributed by atoms with van der Waals surface area (Å²) >= 11 is 0. The Labute approximate surface area is 99.2 Å². The molecule has 1 unspecified atom stereocenters. The van der Waals surface area contributed by atoms with Crippen LogP contribution in [0.3, 0.4) is 0 Å². The summed E-state index contributed by atoms with van der Waals surface area (Å²) in [4.78, 5) is 11.7. The van der Waals surface area contributed by atoms with E-state index in [0.717, 1.165) is 12.8 Å². The van der Waals surface area contributed by atoms with E-state index in [-0.39, 0.29) is 18.0 Å². The highest BCUT2D eigenvalue weighted by molar-refractivity contribution is 5.81. The molecule has 0 radical (unpaired) electrons. The molecule has 0 aromatic carbocycles. The highest BCUT2D eigenvalue weighted by Gasteiger charge is 2.23. The van der Waals surface area contributed by atoms with Crippen LogP contribution in [-0.2, 0) is 4.79 Å². The lowest BCUT2D eigenvalue weighted by molar-refractivity contribution is -0.123. The molecule has 1 rings (SSSR count). The van der Waals surface area contributed by atoms with E-state index in [4.69, 9.17) is 5.73 Å². The zero-order valence-corrected chi connectivity index (χ0v) is 10.7. The summed E-state index contributed by atoms with van der Waals surface area (Å²) in [5.41, 5.74) is 5.79. The van der Waals surface area contributed by atoms with Gasteiger partial charge in [0.25, 0.3) is 0 Å². The molecule has 0 saturated heterocycles. The van der Waals surface area contributed by atoms with Crippen LogP contribution in [0, 0.1) is 5.92 Å². The molecule has 16 heavy (non-hydrogen) atoms. The standard InChI is InChI=1S/C13H26N2O/c1-3-7-12(14)13(16)15-10(2)11-8-5-4-6-9-11/h10-12H,3-9,14H2,1-2H3,(H,15,16)/t10-,12?/m1/s1. The van der Waals surface area contributed by atoms with Crippen LogP contribution in [0.5, 0.6) is 0 Å². The van der Waals surface area contributed by atoms with Crippen molar-refractivity contribution in [1.82, 2.24) is 5.32 Å². The van der Waals surface area contributed by atoms with Crippen molar-refractivity contribution in [2.24, 2.45) is 11.7 Å². The molecule has 3 heteroatoms. The van der Waals surface area contributed by atoms with E-state index in [1.165, 1.54) is 32.1 Å². The van der Waals surface area contributed by atoms with Crippen molar-refractivity contribution in [2.45, 2.75) is 70.9 Å². The monoisotopic (exact) mass is 226 g/mol. The summed E-state index contributed by atoms with van der Waals surface area (Å²) in [5.74, 6) is 0.687. The average Bonchev–Trinajstić information content (AvgIpc) is 2.30. The average molecular weight is 226 g/mol. The Morgan fingerprint density at radius 1 is 1.38 bits per heavy atom. The van der Waals surface area contributed by atoms with E-state index in [0.29, 0.717) is 5.92 Å². The van der Waals surface area contributed by atoms with Crippen molar-refractivity contribution in [3.05, 3.63) is 0 Å². The smallest absolute Gasteiger partial charge is 0.237 e. The normalized spacial score (nSPS) is 21.4. The summed E-state index contributed by atoms with van der Waals surface area (Å²) in [5, 5.41) is 3.07. The van der Waals surface area contributed by atoms with E-state index in [1.54, 1.807) is 0 Å². The van der Waals surface area contributed by atoms with Gasteiger partial charge >= 0.3 is 0 Å². The molecule has 94 valence electrons. The van der Waals surface area contributed by atoms with Gasteiger partial charge in [-0.25, -0.2) is 0 Å². The van der Waals surface area contributed by atoms with Crippen LogP contribution in [0.25, 0.3) is 0 Å². The van der Waals surface area contributed by atoms with E-state index in [1.807, 2.05) is 0 Å². The van der Waals surface area contributed by atoms with Gasteiger partial charge in [-0.05, 0) is 32.1 Å². The van der Waals surface area contributed by atoms with Crippen molar-refractivity contribution in [3.63, 3.8) is 0 Å². The van der Waals surface area contributed by atoms with Gasteiger partial charge in [0.2, 0.25) is 5.91 Å². The Morgan fingerprint density at radius 2 is 2.00 bits per heavy atom. The molecule has 0 bridgehead atoms. The first-order valence-corrected chi connectivity index (χ1v) is 6.71. The van der Waals surface area contributed by atoms with Crippen LogP contribution in [0.1, 0.15) is 58.8 Å². The van der Waals surface area contributed by atoms with Crippen LogP contribution in [0.2, 0.25) is 0 Å². The lowest BCUT2D eigenvalue weighted by Crippen LogP contribution is -2.47. The molecular weight excluding hydrogens is 200 g/mol. The Balaban J connectivity index is 2.31. The maximum atomic E-state index is 11.7. The van der Waals surface area contributed by atoms with Crippen molar-refractivity contribution in [1.29, 1.82) is 0 Å². The third kappa shape index (κ3) is 4.12. The number of nitrogens with one attached hydrogen (secondary N) is 1. The minimum Gasteiger partial charge on any atom is -0.352 e. The molecule has 3 nitrogen and oxygen atoms in total. The SMILES string of the molecule is CCCC(N)C(=O)N[C@H](C)C1CCCCC1. The van der Waals surface area contributed by atoms with Gasteiger partial charge in [0.15, 0.2) is 0 Å². The molecule has 0 aromatic heterocycles. The lowest BCUT2D eigenvalue weighted by Gasteiger charge is -2.29. The molecule has 0 spiro atoms. The number of carbonyl (C=O) groups excluding carboxylic acids is 1. The summed E-state index contributed by atoms with van der Waals surface area (Å²) in [6.45, 7) is 4.17. The molecule has 1 amide bonds. The summed E-state index contributed by atoms with van der Waals surface area (Å²) in [7, 11) is 0. The predicted octanol–water partition coefficient (Wildman–Crippen LogP) is 2.20. The van der Waals surface area contributed by atoms with Crippen molar-refractivity contribution >= 4 is 5.91 Å². The second-order valence-corrected chi connectivity index (χ2v) is 5.09. The number of hydrogen-bond acceptors (Lipinski definition) is 2. The summed E-state index contributed by atoms with van der Waals surface area (Å²) in [6.07, 6.45) is 8.23. The first-order valence-electron chi connectivity index (χ1n) is 6.71. The third-order valence-corrected chi connectivity index (χ3v) is 3.66. The number of carbonyl (C=O) groups is 1. The minimum absolute atomic E-state index is 0.0277. The number of nitrogens with two attached hydrogens (primary N) is 1. The molecule has 0 aromatic rings. The molecule has 0 heterocycles. The second-order valence-electron chi connectivity index (χ2n) is 5.09. The number of hydrogen-bond donors (Lipinski definition) is 2. The Kier molecular flexibility index (Phi) is 5.81. The van der Waals surface area contributed by atoms with Gasteiger partial charge in [0.1, 0.15) is 0 Å². The Hall–Kier alpha value is -0.570. The number of rotatable bonds is 5. The molecule has 1 fully saturated rings. The molecule has 2 atom stereocenters. The first kappa shape index (κ1) is 13.5. The molecule has 1 aliphatic carbocycles. The van der Waals surface area contributed by atoms with Gasteiger partial charge in [0, 0.05) is 6.04 Å². The van der Waals surface area contributed by atoms with Gasteiger partial charge in [-0.3, -0.25) is 4.79 Å². The topological polar surface area (TPSA) is 55.1 Å². The molecular formula is C13H26N2O. The largest absolute Gasteiger partial charge is 0.352 e. The van der Waals surface area contributed by atoms with Crippen LogP contribution >= 0.6 is 0 Å². The van der Waals surface area contributed by atoms with Gasteiger partial charge in [-0.1, -0.05) is 32.6 Å². The van der Waals surface area contributed by atoms with Crippen LogP contribution < -0.4 is 11.1 Å². The maximum Gasteiger partial charge on any atom is 0.237 e. The third-order valence-electron chi connectivity index (χ3n) is 3.66. The Bertz CT molecular complexity index is 212. The number of amides is 1. The fraction of sp³-hybridized carbons (Fsp3) is 0.923. The van der Waals surface area contributed by atoms with E-state index in [9.17, 15) is 4.79 Å². The molecule has 1 saturated carbocycles. The van der Waals surface area contributed by atoms with Gasteiger partial charge in [-0.2, -0.15) is 0 Å². The summed E-state index contributed by atoms with van der Waals surface area (Å²) in [6, 6.07) is -0.0354. The summed E-state index contributed by atoms with van der Waals surface area (Å²) < 4.78 is 0. The maximum absolute atomic E-state index is 11.7. The molecule has 3 N–H and O–H groups in total. The first-order chi connectivity index (χ1) is 7.65. The van der Waals surface area contributed by atoms with Crippen molar-refractivity contribution in [3.8, 4) is 0 Å². The highest BCUT2D eigenvalue weighted by atomic mass is 16.2. The molecule has 1 aliphatic rings. The van der Waals surface area contributed by atoms with Crippen LogP contribution in [0.15, 0.2) is 0 Å². The fourth-order valence-corrected chi connectivity index (χ4v) is 2.53. The van der Waals surface area contributed by atoms with Gasteiger partial charge in [-0.15, -0.1) is 0 Å². The van der Waals surface area contributed by atoms with Crippen molar-refractivity contribution < 1.29 is 4.79 Å². The Morgan fingerprint density at radius 3 is 2.56 bits per heavy atom. The highest BCUT2D eigenvalue weighted by Crippen LogP contribution is 2.26. The van der Waals surface area contributed by atoms with E-state index >= 15 is 0 Å². The zero-order valence-electron chi connectivity index (χ0n) is 10.7. The van der Waals surface area contributed by atoms with Gasteiger partial charge < -0.3 is 11.1 Å². The zero-order chi connectivity index (χ0) is 12.0. The van der Waals surface area contributed by atoms with Crippen LogP contribution in [0.4, 0.5) is 0 Å². The quantitative estimate of drug-likeness (QED) is 0.755. The lowest BCUT2D eigenvalue weighted by atomic mass is 9.84.